The fourth-order valence-corrected chi connectivity index (χ4v) is 6.64. The summed E-state index contributed by atoms with van der Waals surface area (Å²) in [5, 5.41) is 2.56. The van der Waals surface area contributed by atoms with Crippen LogP contribution in [0, 0.1) is 0 Å². The van der Waals surface area contributed by atoms with Gasteiger partial charge in [0, 0.05) is 28.3 Å². The van der Waals surface area contributed by atoms with Crippen LogP contribution in [-0.2, 0) is 9.13 Å². The number of aromatic nitrogens is 2. The predicted molar refractivity (Wildman–Crippen MR) is 117 cm³/mol. The van der Waals surface area contributed by atoms with Crippen LogP contribution in [0.4, 0.5) is 0 Å². The molecule has 4 nitrogen and oxygen atoms in total. The Morgan fingerprint density at radius 1 is 0.571 bits per heavy atom. The van der Waals surface area contributed by atoms with Gasteiger partial charge in [0.1, 0.15) is 21.3 Å². The molecule has 2 heterocycles. The molecule has 138 valence electrons. The molecular formula is C22H18N2O2P2. The van der Waals surface area contributed by atoms with Crippen molar-refractivity contribution in [3.05, 3.63) is 97.3 Å². The molecule has 0 radical (unpaired) electrons. The Labute approximate surface area is 164 Å². The molecule has 2 aromatic heterocycles. The fourth-order valence-electron chi connectivity index (χ4n) is 3.06. The minimum absolute atomic E-state index is 0.528. The van der Waals surface area contributed by atoms with Crippen molar-refractivity contribution in [2.24, 2.45) is 0 Å². The molecule has 0 fully saturated rings. The summed E-state index contributed by atoms with van der Waals surface area (Å²) in [5.74, 6) is 0. The zero-order valence-corrected chi connectivity index (χ0v) is 16.9. The van der Waals surface area contributed by atoms with Gasteiger partial charge in [-0.1, -0.05) is 66.7 Å². The first-order valence-electron chi connectivity index (χ1n) is 8.85. The highest BCUT2D eigenvalue weighted by molar-refractivity contribution is 7.68. The summed E-state index contributed by atoms with van der Waals surface area (Å²) in [6.07, 6.45) is 3.29. The van der Waals surface area contributed by atoms with E-state index in [4.69, 9.17) is 0 Å². The van der Waals surface area contributed by atoms with Gasteiger partial charge in [-0.15, -0.1) is 0 Å². The highest BCUT2D eigenvalue weighted by atomic mass is 31.1. The van der Waals surface area contributed by atoms with Crippen molar-refractivity contribution in [3.8, 4) is 11.4 Å². The minimum Gasteiger partial charge on any atom is -0.317 e. The van der Waals surface area contributed by atoms with E-state index in [0.717, 1.165) is 5.30 Å². The molecule has 0 N–H and O–H groups in total. The Kier molecular flexibility index (Phi) is 5.62. The number of pyridine rings is 2. The molecule has 0 saturated carbocycles. The molecule has 0 aliphatic heterocycles. The first-order valence-corrected chi connectivity index (χ1v) is 11.7. The average molecular weight is 404 g/mol. The number of hydrogen-bond acceptors (Lipinski definition) is 4. The largest absolute Gasteiger partial charge is 0.317 e. The smallest absolute Gasteiger partial charge is 0.134 e. The highest BCUT2D eigenvalue weighted by Gasteiger charge is 2.23. The van der Waals surface area contributed by atoms with Crippen molar-refractivity contribution in [3.63, 3.8) is 0 Å². The van der Waals surface area contributed by atoms with Gasteiger partial charge in [0.15, 0.2) is 0 Å². The molecule has 2 atom stereocenters. The van der Waals surface area contributed by atoms with Crippen LogP contribution in [0.2, 0.25) is 0 Å². The van der Waals surface area contributed by atoms with E-state index in [1.165, 1.54) is 0 Å². The molecule has 0 aliphatic rings. The Balaban J connectivity index is 1.94. The lowest BCUT2D eigenvalue weighted by molar-refractivity contribution is 0.596. The quantitative estimate of drug-likeness (QED) is 0.480. The highest BCUT2D eigenvalue weighted by Crippen LogP contribution is 2.29. The van der Waals surface area contributed by atoms with Gasteiger partial charge in [-0.25, -0.2) is 0 Å². The van der Waals surface area contributed by atoms with Crippen molar-refractivity contribution in [2.45, 2.75) is 0 Å². The van der Waals surface area contributed by atoms with Crippen LogP contribution in [-0.4, -0.2) is 9.97 Å². The maximum absolute atomic E-state index is 13.6. The summed E-state index contributed by atoms with van der Waals surface area (Å²) < 4.78 is 27.0. The lowest BCUT2D eigenvalue weighted by Crippen LogP contribution is -2.27. The molecule has 6 heteroatoms. The van der Waals surface area contributed by atoms with Crippen molar-refractivity contribution in [1.82, 2.24) is 9.97 Å². The van der Waals surface area contributed by atoms with Crippen LogP contribution in [0.5, 0.6) is 0 Å². The number of rotatable bonds is 5. The van der Waals surface area contributed by atoms with Crippen molar-refractivity contribution in [1.29, 1.82) is 0 Å². The van der Waals surface area contributed by atoms with Crippen LogP contribution < -0.4 is 21.2 Å². The first kappa shape index (κ1) is 18.6. The van der Waals surface area contributed by atoms with Crippen LogP contribution >= 0.6 is 15.6 Å². The lowest BCUT2D eigenvalue weighted by atomic mass is 10.2. The Hall–Kier alpha value is -2.80. The van der Waals surface area contributed by atoms with E-state index in [1.54, 1.807) is 18.5 Å². The van der Waals surface area contributed by atoms with Gasteiger partial charge in [0.05, 0.1) is 11.0 Å². The van der Waals surface area contributed by atoms with Crippen LogP contribution in [0.15, 0.2) is 97.3 Å². The predicted octanol–water partition coefficient (Wildman–Crippen LogP) is 3.16. The SMILES string of the molecule is O=[PH](c1ccccc1)c1ccnc(-c2ccccn2)c1[PH](=O)c1ccccc1. The van der Waals surface area contributed by atoms with Crippen LogP contribution in [0.25, 0.3) is 11.4 Å². The molecule has 4 rings (SSSR count). The van der Waals surface area contributed by atoms with E-state index >= 15 is 0 Å². The van der Waals surface area contributed by atoms with Gasteiger partial charge in [0.25, 0.3) is 0 Å². The van der Waals surface area contributed by atoms with E-state index < -0.39 is 15.6 Å². The average Bonchev–Trinajstić information content (AvgIpc) is 2.79. The summed E-state index contributed by atoms with van der Waals surface area (Å²) in [6, 6.07) is 25.8. The molecule has 0 aliphatic carbocycles. The third-order valence-corrected chi connectivity index (χ3v) is 8.23. The summed E-state index contributed by atoms with van der Waals surface area (Å²) >= 11 is 0. The maximum Gasteiger partial charge on any atom is 0.134 e. The molecule has 28 heavy (non-hydrogen) atoms. The molecule has 4 aromatic rings. The number of benzene rings is 2. The van der Waals surface area contributed by atoms with Crippen molar-refractivity contribution in [2.75, 3.05) is 0 Å². The third kappa shape index (κ3) is 3.75. The number of hydrogen-bond donors (Lipinski definition) is 0. The summed E-state index contributed by atoms with van der Waals surface area (Å²) in [6.45, 7) is 0. The standard InChI is InChI=1S/C22H18N2O2P2/c25-27(17-9-3-1-4-10-17)20-14-16-24-21(19-13-7-8-15-23-19)22(20)28(26)18-11-5-2-6-12-18/h1-16,27-28H. The van der Waals surface area contributed by atoms with Crippen LogP contribution in [0.1, 0.15) is 0 Å². The Morgan fingerprint density at radius 2 is 1.18 bits per heavy atom. The summed E-state index contributed by atoms with van der Waals surface area (Å²) in [7, 11) is -4.78. The summed E-state index contributed by atoms with van der Waals surface area (Å²) in [4.78, 5) is 8.86. The fraction of sp³-hybridized carbons (Fsp3) is 0. The second-order valence-corrected chi connectivity index (χ2v) is 9.70. The van der Waals surface area contributed by atoms with E-state index in [0.29, 0.717) is 27.3 Å². The molecule has 0 saturated heterocycles. The molecule has 2 unspecified atom stereocenters. The Morgan fingerprint density at radius 3 is 1.79 bits per heavy atom. The second kappa shape index (κ2) is 8.48. The van der Waals surface area contributed by atoms with E-state index in [2.05, 4.69) is 9.97 Å². The lowest BCUT2D eigenvalue weighted by Gasteiger charge is -2.14. The molecule has 2 aromatic carbocycles. The first-order chi connectivity index (χ1) is 13.8. The Bertz CT molecular complexity index is 1140. The van der Waals surface area contributed by atoms with Gasteiger partial charge in [-0.2, -0.15) is 0 Å². The van der Waals surface area contributed by atoms with Gasteiger partial charge in [-0.3, -0.25) is 9.97 Å². The van der Waals surface area contributed by atoms with Crippen molar-refractivity contribution >= 4 is 36.8 Å². The van der Waals surface area contributed by atoms with E-state index in [9.17, 15) is 9.13 Å². The number of nitrogens with zero attached hydrogens (tertiary/aromatic N) is 2. The molecule has 0 amide bonds. The van der Waals surface area contributed by atoms with E-state index in [1.807, 2.05) is 78.9 Å². The van der Waals surface area contributed by atoms with E-state index in [-0.39, 0.29) is 0 Å². The second-order valence-electron chi connectivity index (χ2n) is 6.19. The van der Waals surface area contributed by atoms with Crippen LogP contribution in [0.3, 0.4) is 0 Å². The molecule has 0 spiro atoms. The summed E-state index contributed by atoms with van der Waals surface area (Å²) in [5.41, 5.74) is 1.15. The van der Waals surface area contributed by atoms with Gasteiger partial charge in [0.2, 0.25) is 0 Å². The normalized spacial score (nSPS) is 13.0. The minimum atomic E-state index is -2.43. The van der Waals surface area contributed by atoms with Gasteiger partial charge < -0.3 is 9.13 Å². The van der Waals surface area contributed by atoms with Gasteiger partial charge >= 0.3 is 0 Å². The molecule has 0 bridgehead atoms. The third-order valence-electron chi connectivity index (χ3n) is 4.40. The zero-order chi connectivity index (χ0) is 19.3. The topological polar surface area (TPSA) is 59.9 Å². The van der Waals surface area contributed by atoms with Crippen molar-refractivity contribution < 1.29 is 9.13 Å². The zero-order valence-electron chi connectivity index (χ0n) is 14.9. The monoisotopic (exact) mass is 404 g/mol. The van der Waals surface area contributed by atoms with Gasteiger partial charge in [-0.05, 0) is 18.2 Å². The molecular weight excluding hydrogens is 386 g/mol. The maximum atomic E-state index is 13.6.